The molecule has 0 radical (unpaired) electrons. The van der Waals surface area contributed by atoms with Gasteiger partial charge in [-0.3, -0.25) is 19.7 Å². The van der Waals surface area contributed by atoms with Crippen molar-refractivity contribution < 1.29 is 22.8 Å². The van der Waals surface area contributed by atoms with Gasteiger partial charge in [0.25, 0.3) is 17.1 Å². The van der Waals surface area contributed by atoms with Gasteiger partial charge in [0, 0.05) is 37.4 Å². The van der Waals surface area contributed by atoms with Crippen LogP contribution in [0.15, 0.2) is 76.5 Å². The van der Waals surface area contributed by atoms with E-state index >= 15 is 0 Å². The number of halogens is 2. The van der Waals surface area contributed by atoms with Crippen molar-refractivity contribution in [1.29, 1.82) is 0 Å². The number of fused-ring (bicyclic) bond motifs is 1. The second-order valence-corrected chi connectivity index (χ2v) is 13.3. The highest BCUT2D eigenvalue weighted by molar-refractivity contribution is 8.18. The minimum Gasteiger partial charge on any atom is -0.369 e. The van der Waals surface area contributed by atoms with E-state index in [1.165, 1.54) is 21.3 Å². The summed E-state index contributed by atoms with van der Waals surface area (Å²) in [7, 11) is -3.92. The van der Waals surface area contributed by atoms with Crippen molar-refractivity contribution in [2.24, 2.45) is 0 Å². The zero-order valence-electron chi connectivity index (χ0n) is 21.3. The molecule has 6 rings (SSSR count). The van der Waals surface area contributed by atoms with Crippen molar-refractivity contribution in [3.8, 4) is 0 Å². The molecule has 3 aromatic rings. The first kappa shape index (κ1) is 27.8. The number of amides is 3. The van der Waals surface area contributed by atoms with Crippen LogP contribution in [0.5, 0.6) is 0 Å². The van der Waals surface area contributed by atoms with Gasteiger partial charge in [0.1, 0.15) is 0 Å². The maximum atomic E-state index is 13.7. The summed E-state index contributed by atoms with van der Waals surface area (Å²) in [6, 6.07) is 19.2. The molecule has 3 heterocycles. The molecule has 2 fully saturated rings. The van der Waals surface area contributed by atoms with E-state index in [0.29, 0.717) is 46.1 Å². The van der Waals surface area contributed by atoms with E-state index in [1.54, 1.807) is 24.3 Å². The summed E-state index contributed by atoms with van der Waals surface area (Å²) in [4.78, 5) is 41.8. The number of nitrogens with zero attached hydrogens (tertiary/aromatic N) is 3. The van der Waals surface area contributed by atoms with Gasteiger partial charge in [0.15, 0.2) is 0 Å². The third-order valence-electron chi connectivity index (χ3n) is 7.15. The van der Waals surface area contributed by atoms with Crippen LogP contribution in [0.2, 0.25) is 10.0 Å². The topological polar surface area (TPSA) is 107 Å². The van der Waals surface area contributed by atoms with Crippen molar-refractivity contribution in [2.45, 2.75) is 11.4 Å². The average molecular weight is 630 g/mol. The van der Waals surface area contributed by atoms with E-state index in [-0.39, 0.29) is 40.6 Å². The molecular weight excluding hydrogens is 607 g/mol. The molecule has 3 aromatic carbocycles. The summed E-state index contributed by atoms with van der Waals surface area (Å²) >= 11 is 12.8. The van der Waals surface area contributed by atoms with E-state index in [1.807, 2.05) is 30.3 Å². The summed E-state index contributed by atoms with van der Waals surface area (Å²) in [5.74, 6) is -1.22. The SMILES string of the molecule is O=C1NC(=O)/C(=C2\C(=O)N(Cc3ccc(Cl)c(Cl)c3)c3ccc(S(=O)(=O)N4CCN(c5ccccc5)CC4)cc32)S1. The summed E-state index contributed by atoms with van der Waals surface area (Å²) in [5, 5.41) is 2.26. The van der Waals surface area contributed by atoms with Crippen LogP contribution in [0.25, 0.3) is 5.57 Å². The fourth-order valence-electron chi connectivity index (χ4n) is 5.12. The first-order valence-electron chi connectivity index (χ1n) is 12.6. The molecule has 0 aliphatic carbocycles. The van der Waals surface area contributed by atoms with Gasteiger partial charge in [0.05, 0.1) is 37.7 Å². The lowest BCUT2D eigenvalue weighted by Crippen LogP contribution is -2.48. The molecule has 210 valence electrons. The molecule has 9 nitrogen and oxygen atoms in total. The maximum absolute atomic E-state index is 13.7. The molecule has 3 aliphatic rings. The number of rotatable bonds is 5. The lowest BCUT2D eigenvalue weighted by molar-refractivity contribution is -0.116. The van der Waals surface area contributed by atoms with E-state index < -0.39 is 27.1 Å². The standard InChI is InChI=1S/C28H22Cl2N4O5S2/c29-21-8-6-17(14-22(21)30)16-34-23-9-7-19(15-20(23)24(27(34)36)25-26(35)31-28(37)40-25)41(38,39)33-12-10-32(11-13-33)18-4-2-1-3-5-18/h1-9,14-15H,10-13,16H2,(H,31,35,37)/b25-24+. The smallest absolute Gasteiger partial charge is 0.290 e. The third-order valence-corrected chi connectivity index (χ3v) is 10.7. The van der Waals surface area contributed by atoms with Crippen molar-refractivity contribution in [2.75, 3.05) is 36.0 Å². The number of imide groups is 1. The van der Waals surface area contributed by atoms with E-state index in [0.717, 1.165) is 5.69 Å². The number of thioether (sulfide) groups is 1. The number of anilines is 2. The molecule has 0 aromatic heterocycles. The van der Waals surface area contributed by atoms with Gasteiger partial charge >= 0.3 is 0 Å². The molecule has 13 heteroatoms. The number of piperazine rings is 1. The fourth-order valence-corrected chi connectivity index (χ4v) is 7.66. The highest BCUT2D eigenvalue weighted by Crippen LogP contribution is 2.44. The fraction of sp³-hybridized carbons (Fsp3) is 0.179. The van der Waals surface area contributed by atoms with Gasteiger partial charge in [-0.2, -0.15) is 4.31 Å². The molecule has 0 atom stereocenters. The van der Waals surface area contributed by atoms with Crippen molar-refractivity contribution in [3.05, 3.63) is 92.8 Å². The lowest BCUT2D eigenvalue weighted by Gasteiger charge is -2.35. The van der Waals surface area contributed by atoms with Crippen LogP contribution in [0.1, 0.15) is 11.1 Å². The Labute approximate surface area is 250 Å². The van der Waals surface area contributed by atoms with Gasteiger partial charge in [-0.05, 0) is 59.8 Å². The molecule has 41 heavy (non-hydrogen) atoms. The average Bonchev–Trinajstić information content (AvgIpc) is 3.44. The zero-order chi connectivity index (χ0) is 28.9. The Morgan fingerprint density at radius 3 is 2.24 bits per heavy atom. The maximum Gasteiger partial charge on any atom is 0.290 e. The van der Waals surface area contributed by atoms with Crippen LogP contribution >= 0.6 is 35.0 Å². The molecule has 0 bridgehead atoms. The van der Waals surface area contributed by atoms with Crippen molar-refractivity contribution in [1.82, 2.24) is 9.62 Å². The molecule has 0 spiro atoms. The largest absolute Gasteiger partial charge is 0.369 e. The normalized spacial score (nSPS) is 19.6. The first-order valence-corrected chi connectivity index (χ1v) is 15.6. The van der Waals surface area contributed by atoms with Gasteiger partial charge in [0.2, 0.25) is 10.0 Å². The lowest BCUT2D eigenvalue weighted by atomic mass is 10.1. The van der Waals surface area contributed by atoms with Crippen LogP contribution in [-0.2, 0) is 26.2 Å². The molecule has 0 saturated carbocycles. The number of nitrogens with one attached hydrogen (secondary N) is 1. The van der Waals surface area contributed by atoms with E-state index in [9.17, 15) is 22.8 Å². The quantitative estimate of drug-likeness (QED) is 0.407. The van der Waals surface area contributed by atoms with Gasteiger partial charge in [-0.1, -0.05) is 47.5 Å². The molecule has 1 N–H and O–H groups in total. The Morgan fingerprint density at radius 1 is 0.854 bits per heavy atom. The van der Waals surface area contributed by atoms with Gasteiger partial charge in [-0.15, -0.1) is 0 Å². The minimum atomic E-state index is -3.92. The van der Waals surface area contributed by atoms with E-state index in [2.05, 4.69) is 10.2 Å². The number of carbonyl (C=O) groups is 3. The first-order chi connectivity index (χ1) is 19.6. The van der Waals surface area contributed by atoms with Crippen LogP contribution in [0.4, 0.5) is 16.2 Å². The Morgan fingerprint density at radius 2 is 1.59 bits per heavy atom. The second-order valence-electron chi connectivity index (χ2n) is 9.59. The molecule has 0 unspecified atom stereocenters. The highest BCUT2D eigenvalue weighted by atomic mass is 35.5. The minimum absolute atomic E-state index is 0.00132. The van der Waals surface area contributed by atoms with E-state index in [4.69, 9.17) is 23.2 Å². The number of benzene rings is 3. The Balaban J connectivity index is 1.35. The Hall–Kier alpha value is -3.35. The third kappa shape index (κ3) is 5.13. The Kier molecular flexibility index (Phi) is 7.33. The van der Waals surface area contributed by atoms with Crippen molar-refractivity contribution in [3.63, 3.8) is 0 Å². The monoisotopic (exact) mass is 628 g/mol. The van der Waals surface area contributed by atoms with Crippen LogP contribution < -0.4 is 15.1 Å². The summed E-state index contributed by atoms with van der Waals surface area (Å²) in [5.41, 5.74) is 2.38. The van der Waals surface area contributed by atoms with Crippen molar-refractivity contribution >= 4 is 79.0 Å². The number of sulfonamides is 1. The van der Waals surface area contributed by atoms with Gasteiger partial charge < -0.3 is 9.80 Å². The number of para-hydroxylation sites is 1. The van der Waals surface area contributed by atoms with Crippen LogP contribution in [0, 0.1) is 0 Å². The predicted molar refractivity (Wildman–Crippen MR) is 160 cm³/mol. The van der Waals surface area contributed by atoms with Crippen LogP contribution in [0.3, 0.4) is 0 Å². The molecule has 2 saturated heterocycles. The van der Waals surface area contributed by atoms with Gasteiger partial charge in [-0.25, -0.2) is 8.42 Å². The summed E-state index contributed by atoms with van der Waals surface area (Å²) in [6.07, 6.45) is 0. The second kappa shape index (κ2) is 10.8. The molecular formula is C28H22Cl2N4O5S2. The highest BCUT2D eigenvalue weighted by Gasteiger charge is 2.41. The summed E-state index contributed by atoms with van der Waals surface area (Å²) < 4.78 is 28.9. The summed E-state index contributed by atoms with van der Waals surface area (Å²) in [6.45, 7) is 1.72. The number of hydrogen-bond acceptors (Lipinski definition) is 7. The Bertz CT molecular complexity index is 1740. The zero-order valence-corrected chi connectivity index (χ0v) is 24.5. The van der Waals surface area contributed by atoms with Crippen LogP contribution in [-0.4, -0.2) is 56.0 Å². The molecule has 3 aliphatic heterocycles. The predicted octanol–water partition coefficient (Wildman–Crippen LogP) is 4.75. The molecule has 3 amide bonds. The number of hydrogen-bond donors (Lipinski definition) is 1. The number of carbonyl (C=O) groups excluding carboxylic acids is 3.